The van der Waals surface area contributed by atoms with Gasteiger partial charge in [-0.25, -0.2) is 4.79 Å². The molecule has 2 rings (SSSR count). The second kappa shape index (κ2) is 3.70. The van der Waals surface area contributed by atoms with Gasteiger partial charge in [0.25, 0.3) is 0 Å². The van der Waals surface area contributed by atoms with Crippen LogP contribution in [0.4, 0.5) is 0 Å². The molecular weight excluding hydrogens is 216 g/mol. The molecule has 80 valence electrons. The first-order chi connectivity index (χ1) is 7.13. The van der Waals surface area contributed by atoms with Gasteiger partial charge in [0, 0.05) is 6.20 Å². The predicted octanol–water partition coefficient (Wildman–Crippen LogP) is 1.58. The van der Waals surface area contributed by atoms with E-state index >= 15 is 0 Å². The van der Waals surface area contributed by atoms with Crippen LogP contribution in [0.2, 0.25) is 0 Å². The summed E-state index contributed by atoms with van der Waals surface area (Å²) in [5.41, 5.74) is 0. The molecule has 0 bridgehead atoms. The van der Waals surface area contributed by atoms with Crippen molar-refractivity contribution in [3.8, 4) is 0 Å². The molecule has 0 aromatic carbocycles. The largest absolute Gasteiger partial charge is 0.480 e. The molecule has 2 aliphatic rings. The van der Waals surface area contributed by atoms with Crippen LogP contribution in [-0.4, -0.2) is 33.9 Å². The van der Waals surface area contributed by atoms with Crippen molar-refractivity contribution in [2.45, 2.75) is 25.4 Å². The Morgan fingerprint density at radius 2 is 2.40 bits per heavy atom. The van der Waals surface area contributed by atoms with E-state index in [4.69, 9.17) is 16.7 Å². The van der Waals surface area contributed by atoms with Crippen molar-refractivity contribution in [3.63, 3.8) is 0 Å². The fourth-order valence-electron chi connectivity index (χ4n) is 1.84. The number of nitrogens with zero attached hydrogens (tertiary/aromatic N) is 2. The Bertz CT molecular complexity index is 387. The van der Waals surface area contributed by atoms with Crippen molar-refractivity contribution in [1.82, 2.24) is 4.90 Å². The van der Waals surface area contributed by atoms with Gasteiger partial charge in [-0.2, -0.15) is 0 Å². The molecule has 2 unspecified atom stereocenters. The number of carbonyl (C=O) groups is 1. The highest BCUT2D eigenvalue weighted by atomic mass is 35.5. The van der Waals surface area contributed by atoms with Crippen molar-refractivity contribution in [2.24, 2.45) is 4.99 Å². The average Bonchev–Trinajstić information content (AvgIpc) is 2.55. The Morgan fingerprint density at radius 1 is 1.67 bits per heavy atom. The van der Waals surface area contributed by atoms with E-state index in [1.807, 2.05) is 6.92 Å². The maximum atomic E-state index is 11.1. The molecule has 0 aliphatic carbocycles. The zero-order valence-corrected chi connectivity index (χ0v) is 8.98. The normalized spacial score (nSPS) is 28.5. The Kier molecular flexibility index (Phi) is 2.52. The van der Waals surface area contributed by atoms with E-state index in [0.717, 1.165) is 0 Å². The molecule has 0 fully saturated rings. The van der Waals surface area contributed by atoms with Gasteiger partial charge in [0.2, 0.25) is 0 Å². The van der Waals surface area contributed by atoms with Crippen molar-refractivity contribution in [3.05, 3.63) is 23.4 Å². The van der Waals surface area contributed by atoms with Gasteiger partial charge in [0.15, 0.2) is 6.04 Å². The van der Waals surface area contributed by atoms with E-state index in [2.05, 4.69) is 4.99 Å². The second-order valence-corrected chi connectivity index (χ2v) is 3.94. The summed E-state index contributed by atoms with van der Waals surface area (Å²) in [6.07, 6.45) is 5.78. The minimum Gasteiger partial charge on any atom is -0.480 e. The summed E-state index contributed by atoms with van der Waals surface area (Å²) in [5, 5.41) is 9.65. The topological polar surface area (TPSA) is 52.9 Å². The molecule has 0 saturated carbocycles. The molecule has 2 aliphatic heterocycles. The molecule has 0 aromatic rings. The highest BCUT2D eigenvalue weighted by Gasteiger charge is 2.39. The number of hydrogen-bond acceptors (Lipinski definition) is 3. The van der Waals surface area contributed by atoms with Gasteiger partial charge in [-0.05, 0) is 18.6 Å². The summed E-state index contributed by atoms with van der Waals surface area (Å²) in [4.78, 5) is 17.1. The monoisotopic (exact) mass is 226 g/mol. The fourth-order valence-corrected chi connectivity index (χ4v) is 2.01. The van der Waals surface area contributed by atoms with Gasteiger partial charge in [-0.15, -0.1) is 0 Å². The molecule has 0 aromatic heterocycles. The number of aliphatic imine (C=N–C) groups is 1. The van der Waals surface area contributed by atoms with Crippen LogP contribution in [0.1, 0.15) is 13.3 Å². The van der Waals surface area contributed by atoms with E-state index in [0.29, 0.717) is 17.3 Å². The van der Waals surface area contributed by atoms with E-state index < -0.39 is 12.0 Å². The molecule has 0 radical (unpaired) electrons. The number of fused-ring (bicyclic) bond motifs is 1. The van der Waals surface area contributed by atoms with Crippen LogP contribution in [0.15, 0.2) is 28.4 Å². The summed E-state index contributed by atoms with van der Waals surface area (Å²) >= 11 is 5.83. The number of allylic oxidation sites excluding steroid dienone is 2. The number of hydrogen-bond donors (Lipinski definition) is 1. The zero-order valence-electron chi connectivity index (χ0n) is 8.22. The van der Waals surface area contributed by atoms with Crippen LogP contribution >= 0.6 is 11.6 Å². The lowest BCUT2D eigenvalue weighted by Crippen LogP contribution is -2.42. The Labute approximate surface area is 92.5 Å². The van der Waals surface area contributed by atoms with Crippen LogP contribution in [0, 0.1) is 0 Å². The van der Waals surface area contributed by atoms with E-state index in [1.54, 1.807) is 23.3 Å². The van der Waals surface area contributed by atoms with Crippen molar-refractivity contribution in [1.29, 1.82) is 0 Å². The third-order valence-electron chi connectivity index (χ3n) is 2.55. The first-order valence-electron chi connectivity index (χ1n) is 4.78. The van der Waals surface area contributed by atoms with Crippen molar-refractivity contribution < 1.29 is 9.90 Å². The van der Waals surface area contributed by atoms with Gasteiger partial charge >= 0.3 is 5.97 Å². The number of aliphatic carboxylic acids is 1. The number of carboxylic acid groups (broad SMARTS) is 1. The van der Waals surface area contributed by atoms with Crippen LogP contribution in [0.25, 0.3) is 0 Å². The second-order valence-electron chi connectivity index (χ2n) is 3.50. The van der Waals surface area contributed by atoms with Crippen molar-refractivity contribution in [2.75, 3.05) is 0 Å². The molecule has 0 saturated heterocycles. The number of halogens is 1. The van der Waals surface area contributed by atoms with E-state index in [9.17, 15) is 4.79 Å². The van der Waals surface area contributed by atoms with Crippen LogP contribution in [0.3, 0.4) is 0 Å². The maximum absolute atomic E-state index is 11.1. The predicted molar refractivity (Wildman–Crippen MR) is 57.9 cm³/mol. The molecule has 2 atom stereocenters. The Balaban J connectivity index is 2.34. The molecule has 0 amide bonds. The zero-order chi connectivity index (χ0) is 11.0. The third kappa shape index (κ3) is 1.65. The molecule has 2 heterocycles. The van der Waals surface area contributed by atoms with Gasteiger partial charge in [0.05, 0.1) is 11.1 Å². The summed E-state index contributed by atoms with van der Waals surface area (Å²) in [7, 11) is 0. The fraction of sp³-hybridized carbons (Fsp3) is 0.400. The number of carboxylic acids is 1. The highest BCUT2D eigenvalue weighted by molar-refractivity contribution is 6.32. The van der Waals surface area contributed by atoms with Gasteiger partial charge in [0.1, 0.15) is 5.84 Å². The SMILES string of the molecule is CCC1N=C2C=CC(Cl)=CN2C1C(=O)O. The number of amidine groups is 1. The molecule has 0 spiro atoms. The van der Waals surface area contributed by atoms with Gasteiger partial charge < -0.3 is 10.0 Å². The van der Waals surface area contributed by atoms with Crippen LogP contribution in [-0.2, 0) is 4.79 Å². The van der Waals surface area contributed by atoms with E-state index in [-0.39, 0.29) is 6.04 Å². The van der Waals surface area contributed by atoms with Crippen LogP contribution < -0.4 is 0 Å². The third-order valence-corrected chi connectivity index (χ3v) is 2.78. The molecule has 15 heavy (non-hydrogen) atoms. The maximum Gasteiger partial charge on any atom is 0.328 e. The molecule has 5 heteroatoms. The summed E-state index contributed by atoms with van der Waals surface area (Å²) in [6, 6.07) is -0.815. The minimum absolute atomic E-state index is 0.194. The lowest BCUT2D eigenvalue weighted by molar-refractivity contribution is -0.141. The van der Waals surface area contributed by atoms with Crippen LogP contribution in [0.5, 0.6) is 0 Å². The van der Waals surface area contributed by atoms with Gasteiger partial charge in [-0.1, -0.05) is 18.5 Å². The smallest absolute Gasteiger partial charge is 0.328 e. The van der Waals surface area contributed by atoms with E-state index in [1.165, 1.54) is 0 Å². The minimum atomic E-state index is -0.864. The Hall–Kier alpha value is -1.29. The average molecular weight is 227 g/mol. The summed E-state index contributed by atoms with van der Waals surface area (Å²) in [6.45, 7) is 1.93. The lowest BCUT2D eigenvalue weighted by Gasteiger charge is -2.24. The first-order valence-corrected chi connectivity index (χ1v) is 5.15. The summed E-state index contributed by atoms with van der Waals surface area (Å²) in [5.74, 6) is -0.185. The quantitative estimate of drug-likeness (QED) is 0.778. The highest BCUT2D eigenvalue weighted by Crippen LogP contribution is 2.26. The van der Waals surface area contributed by atoms with Crippen molar-refractivity contribution >= 4 is 23.4 Å². The Morgan fingerprint density at radius 3 is 3.00 bits per heavy atom. The standard InChI is InChI=1S/C10H11ClN2O2/c1-2-7-9(10(14)15)13-5-6(11)3-4-8(13)12-7/h3-5,7,9H,2H2,1H3,(H,14,15). The number of rotatable bonds is 2. The van der Waals surface area contributed by atoms with Gasteiger partial charge in [-0.3, -0.25) is 4.99 Å². The molecular formula is C10H11ClN2O2. The summed E-state index contributed by atoms with van der Waals surface area (Å²) < 4.78 is 0. The molecule has 1 N–H and O–H groups in total. The molecule has 4 nitrogen and oxygen atoms in total. The first kappa shape index (κ1) is 10.2. The lowest BCUT2D eigenvalue weighted by atomic mass is 10.1.